The Bertz CT molecular complexity index is 97.6. The number of alkyl halides is 1. The summed E-state index contributed by atoms with van der Waals surface area (Å²) in [4.78, 5) is 0. The SMILES string of the molecule is CSCCC1CSCC1Cl. The molecule has 0 N–H and O–H groups in total. The lowest BCUT2D eigenvalue weighted by atomic mass is 10.1. The fourth-order valence-corrected chi connectivity index (χ4v) is 3.57. The van der Waals surface area contributed by atoms with Crippen LogP contribution in [0.4, 0.5) is 0 Å². The van der Waals surface area contributed by atoms with Crippen LogP contribution in [0.1, 0.15) is 6.42 Å². The van der Waals surface area contributed by atoms with E-state index in [0.717, 1.165) is 5.92 Å². The molecule has 1 saturated heterocycles. The highest BCUT2D eigenvalue weighted by Gasteiger charge is 2.24. The molecule has 1 heterocycles. The second-order valence-corrected chi connectivity index (χ2v) is 5.22. The standard InChI is InChI=1S/C7H13ClS2/c1-9-3-2-6-4-10-5-7(6)8/h6-7H,2-5H2,1H3. The summed E-state index contributed by atoms with van der Waals surface area (Å²) in [7, 11) is 0. The molecule has 1 aliphatic heterocycles. The Balaban J connectivity index is 2.14. The zero-order valence-electron chi connectivity index (χ0n) is 6.18. The van der Waals surface area contributed by atoms with Crippen LogP contribution in [0.25, 0.3) is 0 Å². The van der Waals surface area contributed by atoms with Gasteiger partial charge in [-0.2, -0.15) is 23.5 Å². The van der Waals surface area contributed by atoms with Gasteiger partial charge in [0.25, 0.3) is 0 Å². The first-order valence-corrected chi connectivity index (χ1v) is 6.54. The van der Waals surface area contributed by atoms with E-state index in [-0.39, 0.29) is 0 Å². The summed E-state index contributed by atoms with van der Waals surface area (Å²) in [6, 6.07) is 0. The van der Waals surface area contributed by atoms with E-state index in [1.54, 1.807) is 0 Å². The van der Waals surface area contributed by atoms with Crippen molar-refractivity contribution in [2.75, 3.05) is 23.5 Å². The maximum atomic E-state index is 6.08. The van der Waals surface area contributed by atoms with E-state index < -0.39 is 0 Å². The molecule has 1 rings (SSSR count). The molecule has 0 amide bonds. The van der Waals surface area contributed by atoms with Crippen LogP contribution >= 0.6 is 35.1 Å². The number of rotatable bonds is 3. The van der Waals surface area contributed by atoms with Crippen molar-refractivity contribution < 1.29 is 0 Å². The van der Waals surface area contributed by atoms with Gasteiger partial charge in [-0.3, -0.25) is 0 Å². The second kappa shape index (κ2) is 4.78. The lowest BCUT2D eigenvalue weighted by molar-refractivity contribution is 0.590. The van der Waals surface area contributed by atoms with Crippen LogP contribution in [0.15, 0.2) is 0 Å². The van der Waals surface area contributed by atoms with Gasteiger partial charge in [0.1, 0.15) is 0 Å². The molecule has 60 valence electrons. The molecule has 0 aromatic rings. The third kappa shape index (κ3) is 2.55. The fraction of sp³-hybridized carbons (Fsp3) is 1.00. The van der Waals surface area contributed by atoms with Crippen molar-refractivity contribution >= 4 is 35.1 Å². The highest BCUT2D eigenvalue weighted by atomic mass is 35.5. The van der Waals surface area contributed by atoms with Crippen LogP contribution in [-0.2, 0) is 0 Å². The van der Waals surface area contributed by atoms with Crippen molar-refractivity contribution in [1.29, 1.82) is 0 Å². The minimum absolute atomic E-state index is 0.456. The van der Waals surface area contributed by atoms with E-state index in [4.69, 9.17) is 11.6 Å². The topological polar surface area (TPSA) is 0 Å². The molecule has 0 spiro atoms. The van der Waals surface area contributed by atoms with E-state index in [2.05, 4.69) is 6.26 Å². The van der Waals surface area contributed by atoms with Gasteiger partial charge in [-0.1, -0.05) is 0 Å². The number of halogens is 1. The first-order valence-electron chi connectivity index (χ1n) is 3.55. The predicted molar refractivity (Wildman–Crippen MR) is 53.5 cm³/mol. The average molecular weight is 197 g/mol. The van der Waals surface area contributed by atoms with Crippen molar-refractivity contribution in [3.63, 3.8) is 0 Å². The summed E-state index contributed by atoms with van der Waals surface area (Å²) in [5.74, 6) is 4.52. The van der Waals surface area contributed by atoms with Crippen LogP contribution in [0, 0.1) is 5.92 Å². The van der Waals surface area contributed by atoms with Crippen LogP contribution in [0.3, 0.4) is 0 Å². The van der Waals surface area contributed by atoms with E-state index in [1.165, 1.54) is 23.7 Å². The molecule has 1 aliphatic rings. The summed E-state index contributed by atoms with van der Waals surface area (Å²) in [5.41, 5.74) is 0. The average Bonchev–Trinajstić information content (AvgIpc) is 2.31. The highest BCUT2D eigenvalue weighted by Crippen LogP contribution is 2.31. The van der Waals surface area contributed by atoms with Crippen LogP contribution in [-0.4, -0.2) is 28.9 Å². The first-order chi connectivity index (χ1) is 4.84. The van der Waals surface area contributed by atoms with Gasteiger partial charge < -0.3 is 0 Å². The number of hydrogen-bond donors (Lipinski definition) is 0. The molecule has 10 heavy (non-hydrogen) atoms. The summed E-state index contributed by atoms with van der Waals surface area (Å²) < 4.78 is 0. The maximum absolute atomic E-state index is 6.08. The third-order valence-corrected chi connectivity index (χ3v) is 4.41. The Hall–Kier alpha value is 0.990. The first kappa shape index (κ1) is 9.08. The van der Waals surface area contributed by atoms with Gasteiger partial charge in [0.15, 0.2) is 0 Å². The smallest absolute Gasteiger partial charge is 0.0462 e. The van der Waals surface area contributed by atoms with E-state index in [0.29, 0.717) is 5.38 Å². The summed E-state index contributed by atoms with van der Waals surface area (Å²) in [6.45, 7) is 0. The minimum Gasteiger partial charge on any atom is -0.165 e. The van der Waals surface area contributed by atoms with Gasteiger partial charge in [0, 0.05) is 11.1 Å². The van der Waals surface area contributed by atoms with Gasteiger partial charge in [0.2, 0.25) is 0 Å². The summed E-state index contributed by atoms with van der Waals surface area (Å²) in [6.07, 6.45) is 3.47. The van der Waals surface area contributed by atoms with E-state index in [1.807, 2.05) is 23.5 Å². The lowest BCUT2D eigenvalue weighted by Gasteiger charge is -2.10. The third-order valence-electron chi connectivity index (χ3n) is 1.81. The highest BCUT2D eigenvalue weighted by molar-refractivity contribution is 7.99. The minimum atomic E-state index is 0.456. The molecule has 2 unspecified atom stereocenters. The van der Waals surface area contributed by atoms with Crippen molar-refractivity contribution in [2.24, 2.45) is 5.92 Å². The van der Waals surface area contributed by atoms with Crippen LogP contribution in [0.5, 0.6) is 0 Å². The van der Waals surface area contributed by atoms with E-state index >= 15 is 0 Å². The van der Waals surface area contributed by atoms with Crippen LogP contribution < -0.4 is 0 Å². The lowest BCUT2D eigenvalue weighted by Crippen LogP contribution is -2.12. The van der Waals surface area contributed by atoms with Gasteiger partial charge in [-0.25, -0.2) is 0 Å². The van der Waals surface area contributed by atoms with Crippen molar-refractivity contribution in [3.8, 4) is 0 Å². The molecule has 0 aromatic heterocycles. The molecule has 0 nitrogen and oxygen atoms in total. The quantitative estimate of drug-likeness (QED) is 0.637. The van der Waals surface area contributed by atoms with Gasteiger partial charge in [-0.05, 0) is 30.1 Å². The summed E-state index contributed by atoms with van der Waals surface area (Å²) in [5, 5.41) is 0.456. The Morgan fingerprint density at radius 1 is 1.60 bits per heavy atom. The van der Waals surface area contributed by atoms with E-state index in [9.17, 15) is 0 Å². The Morgan fingerprint density at radius 2 is 2.40 bits per heavy atom. The zero-order valence-corrected chi connectivity index (χ0v) is 8.57. The van der Waals surface area contributed by atoms with Crippen molar-refractivity contribution in [2.45, 2.75) is 11.8 Å². The van der Waals surface area contributed by atoms with Gasteiger partial charge in [0.05, 0.1) is 0 Å². The molecule has 0 radical (unpaired) electrons. The van der Waals surface area contributed by atoms with Gasteiger partial charge >= 0.3 is 0 Å². The normalized spacial score (nSPS) is 33.0. The second-order valence-electron chi connectivity index (χ2n) is 2.60. The molecular weight excluding hydrogens is 184 g/mol. The molecule has 0 saturated carbocycles. The zero-order chi connectivity index (χ0) is 7.40. The Labute approximate surface area is 76.5 Å². The van der Waals surface area contributed by atoms with Gasteiger partial charge in [-0.15, -0.1) is 11.6 Å². The molecule has 3 heteroatoms. The molecule has 0 aromatic carbocycles. The van der Waals surface area contributed by atoms with Crippen LogP contribution in [0.2, 0.25) is 0 Å². The largest absolute Gasteiger partial charge is 0.165 e. The van der Waals surface area contributed by atoms with Crippen molar-refractivity contribution in [1.82, 2.24) is 0 Å². The van der Waals surface area contributed by atoms with Crippen molar-refractivity contribution in [3.05, 3.63) is 0 Å². The fourth-order valence-electron chi connectivity index (χ4n) is 1.11. The Kier molecular flexibility index (Phi) is 4.35. The summed E-state index contributed by atoms with van der Waals surface area (Å²) >= 11 is 10.0. The Morgan fingerprint density at radius 3 is 2.90 bits per heavy atom. The maximum Gasteiger partial charge on any atom is 0.0462 e. The monoisotopic (exact) mass is 196 g/mol. The molecular formula is C7H13ClS2. The molecule has 0 aliphatic carbocycles. The molecule has 2 atom stereocenters. The number of hydrogen-bond acceptors (Lipinski definition) is 2. The predicted octanol–water partition coefficient (Wildman–Crippen LogP) is 2.71. The molecule has 0 bridgehead atoms. The number of thioether (sulfide) groups is 2. The molecule has 1 fully saturated rings.